The largest absolute Gasteiger partial charge is 0.477 e. The first kappa shape index (κ1) is 14.3. The molecule has 0 heterocycles. The Morgan fingerprint density at radius 3 is 2.70 bits per heavy atom. The predicted molar refractivity (Wildman–Crippen MR) is 75.1 cm³/mol. The Bertz CT molecular complexity index is 554. The Labute approximate surface area is 117 Å². The summed E-state index contributed by atoms with van der Waals surface area (Å²) >= 11 is 0. The van der Waals surface area contributed by atoms with Crippen LogP contribution in [0.4, 0.5) is 11.4 Å². The lowest BCUT2D eigenvalue weighted by Gasteiger charge is -2.28. The molecule has 2 rings (SSSR count). The van der Waals surface area contributed by atoms with E-state index in [0.717, 1.165) is 19.3 Å². The molecule has 1 aromatic carbocycles. The van der Waals surface area contributed by atoms with Crippen LogP contribution in [0.2, 0.25) is 0 Å². The maximum absolute atomic E-state index is 11.1. The van der Waals surface area contributed by atoms with Gasteiger partial charge in [-0.05, 0) is 30.4 Å². The molecule has 1 unspecified atom stereocenters. The summed E-state index contributed by atoms with van der Waals surface area (Å²) in [6, 6.07) is 4.41. The fourth-order valence-electron chi connectivity index (χ4n) is 2.75. The first-order valence-electron chi connectivity index (χ1n) is 6.59. The van der Waals surface area contributed by atoms with Crippen molar-refractivity contribution in [2.45, 2.75) is 39.2 Å². The van der Waals surface area contributed by atoms with Gasteiger partial charge in [-0.1, -0.05) is 20.3 Å². The van der Waals surface area contributed by atoms with Crippen molar-refractivity contribution in [3.63, 3.8) is 0 Å². The van der Waals surface area contributed by atoms with E-state index in [1.807, 2.05) is 0 Å². The number of carbonyl (C=O) groups is 1. The Kier molecular flexibility index (Phi) is 3.65. The van der Waals surface area contributed by atoms with E-state index >= 15 is 0 Å². The summed E-state index contributed by atoms with van der Waals surface area (Å²) in [5, 5.41) is 23.2. The van der Waals surface area contributed by atoms with Crippen LogP contribution in [0.25, 0.3) is 0 Å². The number of hydrogen-bond donors (Lipinski definition) is 2. The second-order valence-electron chi connectivity index (χ2n) is 5.87. The fourth-order valence-corrected chi connectivity index (χ4v) is 2.75. The van der Waals surface area contributed by atoms with Crippen LogP contribution in [-0.2, 0) is 0 Å². The first-order valence-corrected chi connectivity index (χ1v) is 6.59. The van der Waals surface area contributed by atoms with Crippen molar-refractivity contribution in [2.24, 2.45) is 5.41 Å². The van der Waals surface area contributed by atoms with Gasteiger partial charge in [0.15, 0.2) is 0 Å². The molecule has 20 heavy (non-hydrogen) atoms. The summed E-state index contributed by atoms with van der Waals surface area (Å²) in [4.78, 5) is 21.2. The molecule has 6 nitrogen and oxygen atoms in total. The Morgan fingerprint density at radius 2 is 2.20 bits per heavy atom. The van der Waals surface area contributed by atoms with E-state index in [1.54, 1.807) is 6.07 Å². The third-order valence-corrected chi connectivity index (χ3v) is 4.02. The summed E-state index contributed by atoms with van der Waals surface area (Å²) in [6.07, 6.45) is 3.26. The van der Waals surface area contributed by atoms with Gasteiger partial charge in [0.05, 0.1) is 4.92 Å². The lowest BCUT2D eigenvalue weighted by atomic mass is 9.87. The number of aromatic carboxylic acids is 1. The topological polar surface area (TPSA) is 92.5 Å². The van der Waals surface area contributed by atoms with E-state index in [4.69, 9.17) is 5.11 Å². The third kappa shape index (κ3) is 2.74. The second kappa shape index (κ2) is 5.11. The van der Waals surface area contributed by atoms with Gasteiger partial charge in [-0.2, -0.15) is 0 Å². The maximum atomic E-state index is 11.1. The summed E-state index contributed by atoms with van der Waals surface area (Å²) < 4.78 is 0. The van der Waals surface area contributed by atoms with Crippen molar-refractivity contribution in [3.05, 3.63) is 33.9 Å². The summed E-state index contributed by atoms with van der Waals surface area (Å²) in [5.74, 6) is -1.29. The van der Waals surface area contributed by atoms with Crippen molar-refractivity contribution in [1.82, 2.24) is 0 Å². The smallest absolute Gasteiger partial charge is 0.342 e. The Morgan fingerprint density at radius 1 is 1.50 bits per heavy atom. The molecule has 0 spiro atoms. The van der Waals surface area contributed by atoms with Crippen molar-refractivity contribution in [1.29, 1.82) is 0 Å². The van der Waals surface area contributed by atoms with E-state index in [-0.39, 0.29) is 22.7 Å². The van der Waals surface area contributed by atoms with E-state index in [1.165, 1.54) is 12.1 Å². The van der Waals surface area contributed by atoms with Crippen LogP contribution >= 0.6 is 0 Å². The Balaban J connectivity index is 2.28. The van der Waals surface area contributed by atoms with Crippen molar-refractivity contribution in [2.75, 3.05) is 5.32 Å². The molecule has 1 fully saturated rings. The number of carboxylic acids is 1. The molecule has 0 saturated heterocycles. The molecule has 1 aliphatic carbocycles. The molecule has 6 heteroatoms. The van der Waals surface area contributed by atoms with Gasteiger partial charge in [0.1, 0.15) is 5.56 Å². The van der Waals surface area contributed by atoms with Gasteiger partial charge in [-0.3, -0.25) is 10.1 Å². The highest BCUT2D eigenvalue weighted by atomic mass is 16.6. The number of nitrogens with zero attached hydrogens (tertiary/aromatic N) is 1. The Hall–Kier alpha value is -2.11. The molecular formula is C14H18N2O4. The van der Waals surface area contributed by atoms with Crippen LogP contribution in [0.5, 0.6) is 0 Å². The van der Waals surface area contributed by atoms with Crippen molar-refractivity contribution in [3.8, 4) is 0 Å². The van der Waals surface area contributed by atoms with Crippen LogP contribution in [0.1, 0.15) is 43.5 Å². The predicted octanol–water partition coefficient (Wildman–Crippen LogP) is 3.28. The van der Waals surface area contributed by atoms with Gasteiger partial charge in [0, 0.05) is 17.8 Å². The molecule has 0 aliphatic heterocycles. The molecule has 1 atom stereocenters. The molecule has 0 bridgehead atoms. The fraction of sp³-hybridized carbons (Fsp3) is 0.500. The summed E-state index contributed by atoms with van der Waals surface area (Å²) in [7, 11) is 0. The molecule has 1 saturated carbocycles. The lowest BCUT2D eigenvalue weighted by Crippen LogP contribution is -2.30. The minimum Gasteiger partial charge on any atom is -0.477 e. The van der Waals surface area contributed by atoms with E-state index in [0.29, 0.717) is 5.69 Å². The monoisotopic (exact) mass is 278 g/mol. The number of nitrogens with one attached hydrogen (secondary N) is 1. The number of carboxylic acid groups (broad SMARTS) is 1. The molecule has 0 amide bonds. The van der Waals surface area contributed by atoms with Gasteiger partial charge in [-0.15, -0.1) is 0 Å². The minimum atomic E-state index is -1.29. The zero-order valence-electron chi connectivity index (χ0n) is 11.5. The molecule has 108 valence electrons. The average Bonchev–Trinajstić information content (AvgIpc) is 2.68. The molecule has 2 N–H and O–H groups in total. The maximum Gasteiger partial charge on any atom is 0.342 e. The SMILES string of the molecule is CC1(C)CCCC1Nc1ccc([N+](=O)[O-])c(C(=O)O)c1. The van der Waals surface area contributed by atoms with Gasteiger partial charge in [0.25, 0.3) is 5.69 Å². The van der Waals surface area contributed by atoms with E-state index < -0.39 is 10.9 Å². The highest BCUT2D eigenvalue weighted by Gasteiger charge is 2.34. The molecular weight excluding hydrogens is 260 g/mol. The average molecular weight is 278 g/mol. The van der Waals surface area contributed by atoms with Crippen LogP contribution in [-0.4, -0.2) is 22.0 Å². The van der Waals surface area contributed by atoms with Crippen LogP contribution in [0.15, 0.2) is 18.2 Å². The lowest BCUT2D eigenvalue weighted by molar-refractivity contribution is -0.385. The number of hydrogen-bond acceptors (Lipinski definition) is 4. The van der Waals surface area contributed by atoms with Crippen LogP contribution in [0.3, 0.4) is 0 Å². The first-order chi connectivity index (χ1) is 9.31. The third-order valence-electron chi connectivity index (χ3n) is 4.02. The van der Waals surface area contributed by atoms with Gasteiger partial charge in [-0.25, -0.2) is 4.79 Å². The van der Waals surface area contributed by atoms with Crippen LogP contribution < -0.4 is 5.32 Å². The zero-order chi connectivity index (χ0) is 14.9. The quantitative estimate of drug-likeness (QED) is 0.651. The number of anilines is 1. The molecule has 1 aliphatic rings. The zero-order valence-corrected chi connectivity index (χ0v) is 11.5. The standard InChI is InChI=1S/C14H18N2O4/c1-14(2)7-3-4-12(14)15-9-5-6-11(16(19)20)10(8-9)13(17)18/h5-6,8,12,15H,3-4,7H2,1-2H3,(H,17,18). The normalized spacial score (nSPS) is 20.6. The number of rotatable bonds is 4. The molecule has 1 aromatic rings. The van der Waals surface area contributed by atoms with Gasteiger partial charge in [0.2, 0.25) is 0 Å². The van der Waals surface area contributed by atoms with E-state index in [2.05, 4.69) is 19.2 Å². The second-order valence-corrected chi connectivity index (χ2v) is 5.87. The number of benzene rings is 1. The van der Waals surface area contributed by atoms with Gasteiger partial charge >= 0.3 is 5.97 Å². The van der Waals surface area contributed by atoms with Crippen LogP contribution in [0, 0.1) is 15.5 Å². The van der Waals surface area contributed by atoms with E-state index in [9.17, 15) is 14.9 Å². The van der Waals surface area contributed by atoms with Crippen molar-refractivity contribution < 1.29 is 14.8 Å². The molecule has 0 aromatic heterocycles. The highest BCUT2D eigenvalue weighted by molar-refractivity contribution is 5.93. The minimum absolute atomic E-state index is 0.144. The summed E-state index contributed by atoms with van der Waals surface area (Å²) in [5.41, 5.74) is 0.100. The number of nitro benzene ring substituents is 1. The summed E-state index contributed by atoms with van der Waals surface area (Å²) in [6.45, 7) is 4.34. The highest BCUT2D eigenvalue weighted by Crippen LogP contribution is 2.39. The van der Waals surface area contributed by atoms with Crippen molar-refractivity contribution >= 4 is 17.3 Å². The molecule has 0 radical (unpaired) electrons. The van der Waals surface area contributed by atoms with Gasteiger partial charge < -0.3 is 10.4 Å². The number of nitro groups is 1.